The minimum atomic E-state index is -1.04. The molecule has 2 saturated heterocycles. The van der Waals surface area contributed by atoms with Crippen molar-refractivity contribution in [3.8, 4) is 11.1 Å². The molecule has 3 aliphatic heterocycles. The maximum absolute atomic E-state index is 13.3. The summed E-state index contributed by atoms with van der Waals surface area (Å²) in [7, 11) is 1.81. The van der Waals surface area contributed by atoms with Gasteiger partial charge in [-0.3, -0.25) is 4.79 Å². The Morgan fingerprint density at radius 3 is 2.47 bits per heavy atom. The van der Waals surface area contributed by atoms with Gasteiger partial charge in [-0.1, -0.05) is 23.7 Å². The van der Waals surface area contributed by atoms with Crippen LogP contribution in [0.3, 0.4) is 0 Å². The van der Waals surface area contributed by atoms with E-state index in [9.17, 15) is 14.7 Å². The van der Waals surface area contributed by atoms with Crippen molar-refractivity contribution in [2.75, 3.05) is 49.8 Å². The smallest absolute Gasteiger partial charge is 0.337 e. The Morgan fingerprint density at radius 2 is 1.83 bits per heavy atom. The van der Waals surface area contributed by atoms with Crippen LogP contribution >= 0.6 is 11.6 Å². The lowest BCUT2D eigenvalue weighted by atomic mass is 9.75. The second-order valence-electron chi connectivity index (χ2n) is 9.98. The maximum Gasteiger partial charge on any atom is 0.337 e. The van der Waals surface area contributed by atoms with Crippen LogP contribution in [0.4, 0.5) is 11.4 Å². The fourth-order valence-electron chi connectivity index (χ4n) is 6.25. The number of likely N-dealkylation sites (N-methyl/N-ethyl adjacent to an activating group) is 1. The van der Waals surface area contributed by atoms with Gasteiger partial charge < -0.3 is 24.4 Å². The summed E-state index contributed by atoms with van der Waals surface area (Å²) in [5, 5.41) is 10.3. The lowest BCUT2D eigenvalue weighted by Crippen LogP contribution is -2.42. The third-order valence-corrected chi connectivity index (χ3v) is 8.63. The van der Waals surface area contributed by atoms with Gasteiger partial charge >= 0.3 is 5.97 Å². The van der Waals surface area contributed by atoms with Crippen LogP contribution in [0, 0.1) is 6.92 Å². The molecule has 1 spiro atoms. The van der Waals surface area contributed by atoms with E-state index in [1.165, 1.54) is 0 Å². The van der Waals surface area contributed by atoms with E-state index in [4.69, 9.17) is 21.1 Å². The van der Waals surface area contributed by atoms with Crippen LogP contribution in [0.1, 0.15) is 54.1 Å². The molecule has 1 N–H and O–H groups in total. The number of carboxylic acid groups (broad SMARTS) is 1. The molecule has 0 aromatic heterocycles. The molecule has 2 fully saturated rings. The van der Waals surface area contributed by atoms with E-state index in [-0.39, 0.29) is 22.5 Å². The number of carbonyl (C=O) groups is 2. The average molecular weight is 513 g/mol. The summed E-state index contributed by atoms with van der Waals surface area (Å²) in [6, 6.07) is 8.26. The van der Waals surface area contributed by atoms with Crippen molar-refractivity contribution in [3.05, 3.63) is 46.0 Å². The fraction of sp³-hybridized carbons (Fsp3) is 0.500. The first-order valence-electron chi connectivity index (χ1n) is 12.7. The molecule has 2 aromatic carbocycles. The molecule has 7 nitrogen and oxygen atoms in total. The molecule has 0 bridgehead atoms. The Hall–Kier alpha value is -2.61. The summed E-state index contributed by atoms with van der Waals surface area (Å²) in [5.74, 6) is -0.949. The Morgan fingerprint density at radius 1 is 1.17 bits per heavy atom. The van der Waals surface area contributed by atoms with Crippen molar-refractivity contribution in [3.63, 3.8) is 0 Å². The van der Waals surface area contributed by atoms with Crippen molar-refractivity contribution in [2.45, 2.75) is 51.0 Å². The second-order valence-corrected chi connectivity index (χ2v) is 10.4. The zero-order valence-corrected chi connectivity index (χ0v) is 21.9. The van der Waals surface area contributed by atoms with Gasteiger partial charge in [0.1, 0.15) is 0 Å². The van der Waals surface area contributed by atoms with Crippen molar-refractivity contribution in [1.82, 2.24) is 0 Å². The Bertz CT molecular complexity index is 1200. The lowest BCUT2D eigenvalue weighted by Gasteiger charge is -2.37. The normalized spacial score (nSPS) is 19.6. The third kappa shape index (κ3) is 3.88. The van der Waals surface area contributed by atoms with E-state index in [0.717, 1.165) is 41.9 Å². The zero-order chi connectivity index (χ0) is 25.6. The molecule has 2 aromatic rings. The molecular weight excluding hydrogens is 480 g/mol. The number of amides is 1. The first kappa shape index (κ1) is 25.1. The molecule has 0 saturated carbocycles. The first-order chi connectivity index (χ1) is 17.3. The highest BCUT2D eigenvalue weighted by Crippen LogP contribution is 2.49. The number of carboxylic acids is 1. The van der Waals surface area contributed by atoms with Crippen molar-refractivity contribution < 1.29 is 24.2 Å². The molecule has 0 atom stereocenters. The quantitative estimate of drug-likeness (QED) is 0.604. The van der Waals surface area contributed by atoms with Crippen LogP contribution in [0.25, 0.3) is 11.1 Å². The van der Waals surface area contributed by atoms with Crippen molar-refractivity contribution >= 4 is 34.9 Å². The minimum absolute atomic E-state index is 0.0940. The molecule has 3 aliphatic rings. The number of hydrogen-bond acceptors (Lipinski definition) is 5. The van der Waals surface area contributed by atoms with Gasteiger partial charge in [-0.2, -0.15) is 0 Å². The lowest BCUT2D eigenvalue weighted by molar-refractivity contribution is -0.126. The van der Waals surface area contributed by atoms with Gasteiger partial charge in [0.2, 0.25) is 5.91 Å². The predicted molar refractivity (Wildman–Crippen MR) is 141 cm³/mol. The molecule has 5 rings (SSSR count). The molecule has 3 heterocycles. The fourth-order valence-corrected chi connectivity index (χ4v) is 6.64. The molecule has 36 heavy (non-hydrogen) atoms. The Labute approximate surface area is 216 Å². The van der Waals surface area contributed by atoms with Crippen LogP contribution in [0.5, 0.6) is 0 Å². The highest BCUT2D eigenvalue weighted by Gasteiger charge is 2.50. The number of halogens is 1. The summed E-state index contributed by atoms with van der Waals surface area (Å²) in [5.41, 5.74) is 4.46. The van der Waals surface area contributed by atoms with Crippen molar-refractivity contribution in [2.24, 2.45) is 0 Å². The molecule has 192 valence electrons. The molecule has 8 heteroatoms. The minimum Gasteiger partial charge on any atom is -0.478 e. The topological polar surface area (TPSA) is 79.3 Å². The number of ether oxygens (including phenoxy) is 2. The number of carbonyl (C=O) groups excluding carboxylic acids is 1. The van der Waals surface area contributed by atoms with E-state index < -0.39 is 11.4 Å². The first-order valence-corrected chi connectivity index (χ1v) is 13.1. The second kappa shape index (κ2) is 9.69. The predicted octanol–water partition coefficient (Wildman–Crippen LogP) is 5.04. The SMILES string of the molecule is CCN(c1cc(-c2ccc3c(c2)N(C)C(=O)C32CCOCC2)c(Cl)c(C(=O)O)c1C)C1CCOCC1. The van der Waals surface area contributed by atoms with Gasteiger partial charge in [-0.25, -0.2) is 4.79 Å². The summed E-state index contributed by atoms with van der Waals surface area (Å²) in [4.78, 5) is 29.7. The van der Waals surface area contributed by atoms with Crippen LogP contribution in [-0.4, -0.2) is 63.0 Å². The van der Waals surface area contributed by atoms with Crippen LogP contribution in [0.15, 0.2) is 24.3 Å². The summed E-state index contributed by atoms with van der Waals surface area (Å²) < 4.78 is 11.1. The van der Waals surface area contributed by atoms with Crippen LogP contribution in [0.2, 0.25) is 5.02 Å². The molecule has 0 aliphatic carbocycles. The largest absolute Gasteiger partial charge is 0.478 e. The number of hydrogen-bond donors (Lipinski definition) is 1. The monoisotopic (exact) mass is 512 g/mol. The van der Waals surface area contributed by atoms with Gasteiger partial charge in [0.05, 0.1) is 16.0 Å². The van der Waals surface area contributed by atoms with E-state index in [2.05, 4.69) is 11.8 Å². The summed E-state index contributed by atoms with van der Waals surface area (Å²) >= 11 is 6.79. The Balaban J connectivity index is 1.64. The van der Waals surface area contributed by atoms with Gasteiger partial charge in [-0.15, -0.1) is 0 Å². The number of fused-ring (bicyclic) bond motifs is 2. The van der Waals surface area contributed by atoms with Gasteiger partial charge in [0, 0.05) is 63.0 Å². The number of aromatic carboxylic acids is 1. The van der Waals surface area contributed by atoms with Crippen LogP contribution in [-0.2, 0) is 19.7 Å². The number of nitrogens with zero attached hydrogens (tertiary/aromatic N) is 2. The van der Waals surface area contributed by atoms with Gasteiger partial charge in [0.15, 0.2) is 0 Å². The molecule has 1 amide bonds. The maximum atomic E-state index is 13.3. The molecule has 0 radical (unpaired) electrons. The zero-order valence-electron chi connectivity index (χ0n) is 21.1. The average Bonchev–Trinajstić information content (AvgIpc) is 3.08. The van der Waals surface area contributed by atoms with E-state index in [0.29, 0.717) is 50.4 Å². The summed E-state index contributed by atoms with van der Waals surface area (Å²) in [6.45, 7) is 7.20. The number of benzene rings is 2. The van der Waals surface area contributed by atoms with E-state index in [1.54, 1.807) is 4.90 Å². The third-order valence-electron chi connectivity index (χ3n) is 8.24. The van der Waals surface area contributed by atoms with Gasteiger partial charge in [-0.05, 0) is 68.4 Å². The highest BCUT2D eigenvalue weighted by atomic mass is 35.5. The van der Waals surface area contributed by atoms with Crippen molar-refractivity contribution in [1.29, 1.82) is 0 Å². The number of anilines is 2. The standard InChI is InChI=1S/C28H33ClN2O5/c1-4-31(19-7-11-35-12-8-19)22-16-20(25(29)24(17(22)2)26(32)33)18-5-6-21-23(15-18)30(3)27(34)28(21)9-13-36-14-10-28/h5-6,15-16,19H,4,7-14H2,1-3H3,(H,32,33). The molecular formula is C28H33ClN2O5. The summed E-state index contributed by atoms with van der Waals surface area (Å²) in [6.07, 6.45) is 3.12. The van der Waals surface area contributed by atoms with Crippen LogP contribution < -0.4 is 9.80 Å². The molecule has 0 unspecified atom stereocenters. The van der Waals surface area contributed by atoms with E-state index in [1.807, 2.05) is 38.2 Å². The number of rotatable bonds is 5. The van der Waals surface area contributed by atoms with Gasteiger partial charge in [0.25, 0.3) is 0 Å². The highest BCUT2D eigenvalue weighted by molar-refractivity contribution is 6.36. The Kier molecular flexibility index (Phi) is 6.74. The van der Waals surface area contributed by atoms with E-state index >= 15 is 0 Å².